The van der Waals surface area contributed by atoms with Gasteiger partial charge in [-0.05, 0) is 41.8 Å². The first-order chi connectivity index (χ1) is 13.9. The number of hydrogen-bond acceptors (Lipinski definition) is 7. The molecule has 1 aliphatic heterocycles. The number of ether oxygens (including phenoxy) is 2. The number of carboxylic acids is 1. The van der Waals surface area contributed by atoms with E-state index in [1.165, 1.54) is 0 Å². The Morgan fingerprint density at radius 3 is 2.69 bits per heavy atom. The minimum atomic E-state index is -1.36. The molecule has 2 aromatic rings. The van der Waals surface area contributed by atoms with Gasteiger partial charge in [-0.2, -0.15) is 0 Å². The Labute approximate surface area is 178 Å². The highest BCUT2D eigenvalue weighted by Gasteiger charge is 2.31. The average Bonchev–Trinajstić information content (AvgIpc) is 2.95. The molecule has 0 radical (unpaired) electrons. The lowest BCUT2D eigenvalue weighted by Gasteiger charge is -2.14. The fraction of sp³-hybridized carbons (Fsp3) is 0.190. The third-order valence-electron chi connectivity index (χ3n) is 4.29. The number of aryl methyl sites for hydroxylation is 1. The van der Waals surface area contributed by atoms with Gasteiger partial charge in [-0.25, -0.2) is 0 Å². The van der Waals surface area contributed by atoms with E-state index in [0.29, 0.717) is 28.6 Å². The highest BCUT2D eigenvalue weighted by molar-refractivity contribution is 8.26. The van der Waals surface area contributed by atoms with Crippen molar-refractivity contribution in [1.29, 1.82) is 0 Å². The summed E-state index contributed by atoms with van der Waals surface area (Å²) in [5.74, 6) is -0.711. The maximum Gasteiger partial charge on any atom is 0.266 e. The van der Waals surface area contributed by atoms with Crippen molar-refractivity contribution in [1.82, 2.24) is 4.90 Å². The molecule has 8 heteroatoms. The fourth-order valence-corrected chi connectivity index (χ4v) is 3.99. The molecule has 0 bridgehead atoms. The molecule has 150 valence electrons. The number of nitrogens with zero attached hydrogens (tertiary/aromatic N) is 1. The molecular formula is C21H18NO5S2-. The number of hydrogen-bond donors (Lipinski definition) is 0. The van der Waals surface area contributed by atoms with Crippen molar-refractivity contribution in [3.8, 4) is 11.5 Å². The highest BCUT2D eigenvalue weighted by Crippen LogP contribution is 2.34. The zero-order chi connectivity index (χ0) is 21.0. The Kier molecular flexibility index (Phi) is 6.56. The maximum absolute atomic E-state index is 12.4. The maximum atomic E-state index is 12.4. The number of benzene rings is 2. The lowest BCUT2D eigenvalue weighted by Crippen LogP contribution is -2.40. The zero-order valence-corrected chi connectivity index (χ0v) is 17.5. The summed E-state index contributed by atoms with van der Waals surface area (Å²) in [5, 5.41) is 10.8. The van der Waals surface area contributed by atoms with Gasteiger partial charge in [-0.3, -0.25) is 9.69 Å². The molecule has 29 heavy (non-hydrogen) atoms. The van der Waals surface area contributed by atoms with Crippen LogP contribution < -0.4 is 14.6 Å². The van der Waals surface area contributed by atoms with Crippen LogP contribution in [-0.4, -0.2) is 34.8 Å². The quantitative estimate of drug-likeness (QED) is 0.495. The first-order valence-electron chi connectivity index (χ1n) is 8.69. The van der Waals surface area contributed by atoms with Crippen molar-refractivity contribution in [2.75, 3.05) is 13.7 Å². The van der Waals surface area contributed by atoms with Crippen LogP contribution in [0.15, 0.2) is 47.4 Å². The molecule has 0 N–H and O–H groups in total. The molecule has 6 nitrogen and oxygen atoms in total. The molecule has 1 amide bonds. The molecule has 0 spiro atoms. The summed E-state index contributed by atoms with van der Waals surface area (Å²) in [4.78, 5) is 24.5. The Hall–Kier alpha value is -2.84. The van der Waals surface area contributed by atoms with E-state index in [1.807, 2.05) is 31.2 Å². The van der Waals surface area contributed by atoms with Gasteiger partial charge in [0.1, 0.15) is 10.9 Å². The SMILES string of the molecule is COc1cc(/C=C2\SC(=S)N(CC(=O)[O-])C2=O)ccc1OCc1ccccc1C. The number of carbonyl (C=O) groups excluding carboxylic acids is 2. The van der Waals surface area contributed by atoms with Crippen molar-refractivity contribution in [3.63, 3.8) is 0 Å². The van der Waals surface area contributed by atoms with Crippen LogP contribution in [0.1, 0.15) is 16.7 Å². The summed E-state index contributed by atoms with van der Waals surface area (Å²) in [5.41, 5.74) is 2.93. The van der Waals surface area contributed by atoms with E-state index in [-0.39, 0.29) is 4.32 Å². The van der Waals surface area contributed by atoms with Gasteiger partial charge in [-0.15, -0.1) is 0 Å². The summed E-state index contributed by atoms with van der Waals surface area (Å²) in [6, 6.07) is 13.3. The normalized spacial score (nSPS) is 15.1. The van der Waals surface area contributed by atoms with Gasteiger partial charge >= 0.3 is 0 Å². The summed E-state index contributed by atoms with van der Waals surface area (Å²) >= 11 is 6.13. The number of amides is 1. The monoisotopic (exact) mass is 428 g/mol. The molecule has 1 heterocycles. The van der Waals surface area contributed by atoms with E-state index < -0.39 is 18.4 Å². The number of rotatable bonds is 7. The number of thiocarbonyl (C=S) groups is 1. The number of aliphatic carboxylic acids is 1. The Bertz CT molecular complexity index is 1000. The van der Waals surface area contributed by atoms with Crippen molar-refractivity contribution >= 4 is 46.3 Å². The molecular weight excluding hydrogens is 410 g/mol. The minimum absolute atomic E-state index is 0.190. The minimum Gasteiger partial charge on any atom is -0.548 e. The standard InChI is InChI=1S/C21H19NO5S2/c1-13-5-3-4-6-15(13)12-27-16-8-7-14(9-17(16)26-2)10-18-20(25)22(11-19(23)24)21(28)29-18/h3-10H,11-12H2,1-2H3,(H,23,24)/p-1/b18-10-. The largest absolute Gasteiger partial charge is 0.548 e. The first kappa shape index (κ1) is 20.9. The van der Waals surface area contributed by atoms with Crippen LogP contribution in [0.2, 0.25) is 0 Å². The van der Waals surface area contributed by atoms with E-state index in [0.717, 1.165) is 27.8 Å². The van der Waals surface area contributed by atoms with Crippen LogP contribution in [0.4, 0.5) is 0 Å². The lowest BCUT2D eigenvalue weighted by atomic mass is 10.1. The van der Waals surface area contributed by atoms with Crippen molar-refractivity contribution in [2.24, 2.45) is 0 Å². The third-order valence-corrected chi connectivity index (χ3v) is 5.67. The van der Waals surface area contributed by atoms with E-state index in [9.17, 15) is 14.7 Å². The van der Waals surface area contributed by atoms with Gasteiger partial charge in [0.2, 0.25) is 0 Å². The first-order valence-corrected chi connectivity index (χ1v) is 9.92. The predicted octanol–water partition coefficient (Wildman–Crippen LogP) is 2.53. The number of carbonyl (C=O) groups is 2. The van der Waals surface area contributed by atoms with Crippen LogP contribution in [0.25, 0.3) is 6.08 Å². The lowest BCUT2D eigenvalue weighted by molar-refractivity contribution is -0.305. The summed E-state index contributed by atoms with van der Waals surface area (Å²) in [6.45, 7) is 1.87. The van der Waals surface area contributed by atoms with Gasteiger partial charge in [0, 0.05) is 0 Å². The van der Waals surface area contributed by atoms with Crippen LogP contribution >= 0.6 is 24.0 Å². The molecule has 2 aromatic carbocycles. The Morgan fingerprint density at radius 1 is 1.24 bits per heavy atom. The van der Waals surface area contributed by atoms with Crippen molar-refractivity contribution in [3.05, 3.63) is 64.1 Å². The van der Waals surface area contributed by atoms with E-state index in [4.69, 9.17) is 21.7 Å². The van der Waals surface area contributed by atoms with Crippen molar-refractivity contribution in [2.45, 2.75) is 13.5 Å². The van der Waals surface area contributed by atoms with Crippen LogP contribution in [0.5, 0.6) is 11.5 Å². The van der Waals surface area contributed by atoms with Gasteiger partial charge < -0.3 is 19.4 Å². The van der Waals surface area contributed by atoms with E-state index in [1.54, 1.807) is 31.4 Å². The Balaban J connectivity index is 1.77. The van der Waals surface area contributed by atoms with Gasteiger partial charge in [0.25, 0.3) is 5.91 Å². The van der Waals surface area contributed by atoms with Crippen LogP contribution in [0.3, 0.4) is 0 Å². The predicted molar refractivity (Wildman–Crippen MR) is 113 cm³/mol. The molecule has 1 fully saturated rings. The smallest absolute Gasteiger partial charge is 0.266 e. The van der Waals surface area contributed by atoms with Crippen LogP contribution in [-0.2, 0) is 16.2 Å². The molecule has 0 unspecified atom stereocenters. The van der Waals surface area contributed by atoms with Gasteiger partial charge in [-0.1, -0.05) is 54.3 Å². The number of carboxylic acid groups (broad SMARTS) is 1. The third kappa shape index (κ3) is 4.96. The topological polar surface area (TPSA) is 78.9 Å². The summed E-state index contributed by atoms with van der Waals surface area (Å²) < 4.78 is 11.5. The summed E-state index contributed by atoms with van der Waals surface area (Å²) in [6.07, 6.45) is 1.64. The second kappa shape index (κ2) is 9.11. The number of thioether (sulfide) groups is 1. The van der Waals surface area contributed by atoms with Gasteiger partial charge in [0.05, 0.1) is 24.5 Å². The molecule has 0 aromatic heterocycles. The average molecular weight is 429 g/mol. The second-order valence-electron chi connectivity index (χ2n) is 6.27. The van der Waals surface area contributed by atoms with Crippen LogP contribution in [0, 0.1) is 6.92 Å². The fourth-order valence-electron chi connectivity index (χ4n) is 2.74. The molecule has 1 aliphatic rings. The Morgan fingerprint density at radius 2 is 2.00 bits per heavy atom. The molecule has 3 rings (SSSR count). The second-order valence-corrected chi connectivity index (χ2v) is 7.94. The van der Waals surface area contributed by atoms with E-state index in [2.05, 4.69) is 0 Å². The molecule has 0 atom stereocenters. The van der Waals surface area contributed by atoms with Crippen molar-refractivity contribution < 1.29 is 24.2 Å². The molecule has 1 saturated heterocycles. The highest BCUT2D eigenvalue weighted by atomic mass is 32.2. The van der Waals surface area contributed by atoms with Gasteiger partial charge in [0.15, 0.2) is 11.5 Å². The summed E-state index contributed by atoms with van der Waals surface area (Å²) in [7, 11) is 1.54. The number of methoxy groups -OCH3 is 1. The van der Waals surface area contributed by atoms with E-state index >= 15 is 0 Å². The molecule has 0 aliphatic carbocycles. The molecule has 0 saturated carbocycles. The zero-order valence-electron chi connectivity index (χ0n) is 15.8.